The van der Waals surface area contributed by atoms with Crippen molar-refractivity contribution < 1.29 is 32.3 Å². The molecule has 2 aromatic rings. The van der Waals surface area contributed by atoms with Gasteiger partial charge in [0.05, 0.1) is 17.7 Å². The molecule has 1 fully saturated rings. The van der Waals surface area contributed by atoms with Crippen LogP contribution >= 0.6 is 11.3 Å². The van der Waals surface area contributed by atoms with Crippen molar-refractivity contribution >= 4 is 40.8 Å². The van der Waals surface area contributed by atoms with E-state index in [9.17, 15) is 32.3 Å². The van der Waals surface area contributed by atoms with E-state index in [0.29, 0.717) is 28.8 Å². The van der Waals surface area contributed by atoms with Crippen LogP contribution in [0.1, 0.15) is 51.2 Å². The monoisotopic (exact) mass is 494 g/mol. The first kappa shape index (κ1) is 23.7. The number of rotatable bonds is 4. The van der Waals surface area contributed by atoms with E-state index in [2.05, 4.69) is 16.0 Å². The average molecular weight is 494 g/mol. The Kier molecular flexibility index (Phi) is 6.34. The molecule has 5 amide bonds. The minimum Gasteiger partial charge on any atom is -0.333 e. The van der Waals surface area contributed by atoms with Crippen molar-refractivity contribution in [2.24, 2.45) is 0 Å². The van der Waals surface area contributed by atoms with Crippen molar-refractivity contribution in [3.63, 3.8) is 0 Å². The fourth-order valence-corrected chi connectivity index (χ4v) is 5.06. The van der Waals surface area contributed by atoms with Crippen molar-refractivity contribution in [1.29, 1.82) is 0 Å². The van der Waals surface area contributed by atoms with Crippen LogP contribution < -0.4 is 16.0 Å². The summed E-state index contributed by atoms with van der Waals surface area (Å²) in [6.45, 7) is 1.57. The summed E-state index contributed by atoms with van der Waals surface area (Å²) in [5.41, 5.74) is 0.354. The summed E-state index contributed by atoms with van der Waals surface area (Å²) in [6.07, 6.45) is -3.44. The van der Waals surface area contributed by atoms with Crippen LogP contribution in [0.2, 0.25) is 0 Å². The number of carbonyl (C=O) groups is 4. The molecule has 1 aromatic carbocycles. The summed E-state index contributed by atoms with van der Waals surface area (Å²) in [5.74, 6) is -1.17. The van der Waals surface area contributed by atoms with Gasteiger partial charge in [0, 0.05) is 28.9 Å². The molecule has 3 heterocycles. The number of imide groups is 1. The third kappa shape index (κ3) is 4.76. The molecule has 2 aliphatic heterocycles. The number of alkyl halides is 3. The fraction of sp³-hybridized carbons (Fsp3) is 0.364. The predicted molar refractivity (Wildman–Crippen MR) is 117 cm³/mol. The zero-order chi connectivity index (χ0) is 24.6. The molecule has 4 rings (SSSR count). The van der Waals surface area contributed by atoms with Crippen LogP contribution in [0.4, 0.5) is 23.7 Å². The first-order valence-electron chi connectivity index (χ1n) is 10.5. The van der Waals surface area contributed by atoms with E-state index in [1.807, 2.05) is 0 Å². The Hall–Kier alpha value is -3.41. The van der Waals surface area contributed by atoms with E-state index in [4.69, 9.17) is 0 Å². The maximum absolute atomic E-state index is 13.1. The number of benzene rings is 1. The minimum absolute atomic E-state index is 0.00195. The van der Waals surface area contributed by atoms with Crippen LogP contribution in [0.15, 0.2) is 23.6 Å². The normalized spacial score (nSPS) is 18.4. The minimum atomic E-state index is -4.53. The van der Waals surface area contributed by atoms with Gasteiger partial charge < -0.3 is 15.5 Å². The van der Waals surface area contributed by atoms with Gasteiger partial charge in [0.2, 0.25) is 11.8 Å². The Morgan fingerprint density at radius 2 is 2.03 bits per heavy atom. The van der Waals surface area contributed by atoms with Crippen LogP contribution in [0.25, 0.3) is 0 Å². The van der Waals surface area contributed by atoms with Crippen molar-refractivity contribution in [3.05, 3.63) is 50.7 Å². The predicted octanol–water partition coefficient (Wildman–Crippen LogP) is 3.55. The van der Waals surface area contributed by atoms with Gasteiger partial charge in [0.25, 0.3) is 5.91 Å². The van der Waals surface area contributed by atoms with Gasteiger partial charge in [-0.25, -0.2) is 4.79 Å². The zero-order valence-electron chi connectivity index (χ0n) is 18.0. The second kappa shape index (κ2) is 9.09. The number of halogens is 3. The molecule has 12 heteroatoms. The molecule has 0 spiro atoms. The summed E-state index contributed by atoms with van der Waals surface area (Å²) < 4.78 is 39.3. The van der Waals surface area contributed by atoms with Crippen LogP contribution in [-0.4, -0.2) is 34.7 Å². The van der Waals surface area contributed by atoms with Crippen molar-refractivity contribution in [3.8, 4) is 0 Å². The Morgan fingerprint density at radius 3 is 2.76 bits per heavy atom. The number of aryl methyl sites for hydroxylation is 1. The van der Waals surface area contributed by atoms with E-state index >= 15 is 0 Å². The van der Waals surface area contributed by atoms with Gasteiger partial charge in [-0.05, 0) is 43.0 Å². The molecule has 3 N–H and O–H groups in total. The van der Waals surface area contributed by atoms with Crippen LogP contribution in [0.3, 0.4) is 0 Å². The topological polar surface area (TPSA) is 108 Å². The van der Waals surface area contributed by atoms with Crippen molar-refractivity contribution in [2.75, 3.05) is 5.32 Å². The van der Waals surface area contributed by atoms with Gasteiger partial charge in [-0.3, -0.25) is 19.7 Å². The standard InChI is InChI=1S/C22H21F3N4O4S/c1-11-5-6-12(7-15(11)22(23,24)25)27-21(33)26-8-17-13-9-29(20(32)14(13)10-34-17)16-3-2-4-18(30)28-19(16)31/h5-7,10,16H,2-4,8-9H2,1H3,(H2,26,27,33)(H,28,30,31)/t16-/m0/s1. The number of amides is 5. The smallest absolute Gasteiger partial charge is 0.333 e. The molecule has 8 nitrogen and oxygen atoms in total. The van der Waals surface area contributed by atoms with Crippen molar-refractivity contribution in [2.45, 2.75) is 51.5 Å². The lowest BCUT2D eigenvalue weighted by Crippen LogP contribution is -2.47. The zero-order valence-corrected chi connectivity index (χ0v) is 18.9. The lowest BCUT2D eigenvalue weighted by molar-refractivity contribution is -0.138. The summed E-state index contributed by atoms with van der Waals surface area (Å²) in [4.78, 5) is 51.2. The molecule has 2 aliphatic rings. The lowest BCUT2D eigenvalue weighted by atomic mass is 10.1. The number of anilines is 1. The van der Waals surface area contributed by atoms with E-state index < -0.39 is 29.7 Å². The highest BCUT2D eigenvalue weighted by Crippen LogP contribution is 2.35. The van der Waals surface area contributed by atoms with Gasteiger partial charge in [0.15, 0.2) is 0 Å². The molecule has 180 valence electrons. The first-order valence-corrected chi connectivity index (χ1v) is 11.4. The van der Waals surface area contributed by atoms with E-state index in [1.54, 1.807) is 5.38 Å². The quantitative estimate of drug-likeness (QED) is 0.565. The molecule has 1 atom stereocenters. The Morgan fingerprint density at radius 1 is 1.26 bits per heavy atom. The highest BCUT2D eigenvalue weighted by Gasteiger charge is 2.39. The number of fused-ring (bicyclic) bond motifs is 1. The molecule has 34 heavy (non-hydrogen) atoms. The SMILES string of the molecule is Cc1ccc(NC(=O)NCc2scc3c2CN([C@H]2CCCC(=O)NC2=O)C3=O)cc1C(F)(F)F. The Bertz CT molecular complexity index is 1180. The largest absolute Gasteiger partial charge is 0.416 e. The highest BCUT2D eigenvalue weighted by atomic mass is 32.1. The van der Waals surface area contributed by atoms with Gasteiger partial charge in [0.1, 0.15) is 6.04 Å². The number of urea groups is 1. The summed E-state index contributed by atoms with van der Waals surface area (Å²) in [6, 6.07) is 2.09. The van der Waals surface area contributed by atoms with Crippen LogP contribution in [0, 0.1) is 6.92 Å². The molecule has 0 radical (unpaired) electrons. The summed E-state index contributed by atoms with van der Waals surface area (Å²) in [5, 5.41) is 8.94. The Labute approximate surface area is 196 Å². The molecule has 0 bridgehead atoms. The first-order chi connectivity index (χ1) is 16.0. The van der Waals surface area contributed by atoms with Gasteiger partial charge in [-0.15, -0.1) is 11.3 Å². The number of hydrogen-bond acceptors (Lipinski definition) is 5. The maximum Gasteiger partial charge on any atom is 0.416 e. The molecule has 0 saturated carbocycles. The molecule has 1 aromatic heterocycles. The van der Waals surface area contributed by atoms with Crippen LogP contribution in [-0.2, 0) is 28.9 Å². The fourth-order valence-electron chi connectivity index (χ4n) is 4.08. The Balaban J connectivity index is 1.40. The number of carbonyl (C=O) groups excluding carboxylic acids is 4. The second-order valence-corrected chi connectivity index (χ2v) is 9.10. The second-order valence-electron chi connectivity index (χ2n) is 8.14. The number of nitrogens with zero attached hydrogens (tertiary/aromatic N) is 1. The van der Waals surface area contributed by atoms with Gasteiger partial charge >= 0.3 is 12.2 Å². The third-order valence-corrected chi connectivity index (χ3v) is 6.86. The molecule has 1 saturated heterocycles. The van der Waals surface area contributed by atoms with Gasteiger partial charge in [-0.1, -0.05) is 6.07 Å². The molecular weight excluding hydrogens is 473 g/mol. The summed E-state index contributed by atoms with van der Waals surface area (Å²) in [7, 11) is 0. The number of hydrogen-bond donors (Lipinski definition) is 3. The van der Waals surface area contributed by atoms with E-state index in [0.717, 1.165) is 6.07 Å². The summed E-state index contributed by atoms with van der Waals surface area (Å²) >= 11 is 1.27. The highest BCUT2D eigenvalue weighted by molar-refractivity contribution is 7.10. The lowest BCUT2D eigenvalue weighted by Gasteiger charge is -2.25. The molecular formula is C22H21F3N4O4S. The van der Waals surface area contributed by atoms with Crippen LogP contribution in [0.5, 0.6) is 0 Å². The molecule has 0 aliphatic carbocycles. The average Bonchev–Trinajstić information content (AvgIpc) is 3.24. The van der Waals surface area contributed by atoms with Gasteiger partial charge in [-0.2, -0.15) is 13.2 Å². The molecule has 0 unspecified atom stereocenters. The van der Waals surface area contributed by atoms with Crippen molar-refractivity contribution in [1.82, 2.24) is 15.5 Å². The van der Waals surface area contributed by atoms with E-state index in [-0.39, 0.29) is 42.6 Å². The third-order valence-electron chi connectivity index (χ3n) is 5.83. The number of nitrogens with one attached hydrogen (secondary N) is 3. The van der Waals surface area contributed by atoms with E-state index in [1.165, 1.54) is 35.3 Å². The maximum atomic E-state index is 13.1. The number of thiophene rings is 1.